The summed E-state index contributed by atoms with van der Waals surface area (Å²) >= 11 is 1.69. The van der Waals surface area contributed by atoms with E-state index in [0.29, 0.717) is 5.92 Å². The van der Waals surface area contributed by atoms with Crippen molar-refractivity contribution in [3.05, 3.63) is 83.0 Å². The monoisotopic (exact) mass is 359 g/mol. The van der Waals surface area contributed by atoms with E-state index in [1.807, 2.05) is 13.1 Å². The Morgan fingerprint density at radius 3 is 2.31 bits per heavy atom. The van der Waals surface area contributed by atoms with Gasteiger partial charge in [0.2, 0.25) is 0 Å². The minimum atomic E-state index is 0.335. The van der Waals surface area contributed by atoms with Crippen molar-refractivity contribution in [2.45, 2.75) is 12.8 Å². The Morgan fingerprint density at radius 1 is 0.923 bits per heavy atom. The molecule has 4 aromatic rings. The van der Waals surface area contributed by atoms with Crippen LogP contribution in [0.1, 0.15) is 22.6 Å². The number of benzene rings is 2. The first-order chi connectivity index (χ1) is 12.8. The van der Waals surface area contributed by atoms with Crippen molar-refractivity contribution >= 4 is 21.6 Å². The molecule has 2 aromatic carbocycles. The number of fused-ring (bicyclic) bond motifs is 1. The van der Waals surface area contributed by atoms with Crippen LogP contribution < -0.4 is 5.32 Å². The van der Waals surface area contributed by atoms with Crippen LogP contribution in [-0.4, -0.2) is 23.6 Å². The van der Waals surface area contributed by atoms with Gasteiger partial charge in [-0.25, -0.2) is 9.97 Å². The maximum absolute atomic E-state index is 4.52. The molecule has 0 spiro atoms. The Morgan fingerprint density at radius 2 is 1.62 bits per heavy atom. The summed E-state index contributed by atoms with van der Waals surface area (Å²) in [5.41, 5.74) is 7.09. The Balaban J connectivity index is 1.69. The van der Waals surface area contributed by atoms with Crippen molar-refractivity contribution in [1.82, 2.24) is 15.3 Å². The van der Waals surface area contributed by atoms with Gasteiger partial charge in [0, 0.05) is 18.0 Å². The lowest BCUT2D eigenvalue weighted by atomic mass is 9.90. The van der Waals surface area contributed by atoms with Crippen LogP contribution in [0.25, 0.3) is 21.5 Å². The van der Waals surface area contributed by atoms with Gasteiger partial charge in [0.1, 0.15) is 6.33 Å². The van der Waals surface area contributed by atoms with Gasteiger partial charge in [-0.3, -0.25) is 0 Å². The number of hydrogen-bond donors (Lipinski definition) is 1. The summed E-state index contributed by atoms with van der Waals surface area (Å²) in [5, 5.41) is 5.39. The number of rotatable bonds is 5. The van der Waals surface area contributed by atoms with E-state index in [1.54, 1.807) is 17.7 Å². The molecule has 3 nitrogen and oxygen atoms in total. The first kappa shape index (κ1) is 16.9. The van der Waals surface area contributed by atoms with Crippen LogP contribution in [-0.2, 0) is 0 Å². The van der Waals surface area contributed by atoms with Crippen LogP contribution in [0, 0.1) is 6.92 Å². The van der Waals surface area contributed by atoms with E-state index in [0.717, 1.165) is 28.0 Å². The van der Waals surface area contributed by atoms with Gasteiger partial charge in [-0.1, -0.05) is 54.1 Å². The highest BCUT2D eigenvalue weighted by atomic mass is 32.1. The van der Waals surface area contributed by atoms with Crippen LogP contribution >= 0.6 is 11.3 Å². The van der Waals surface area contributed by atoms with Crippen molar-refractivity contribution in [3.63, 3.8) is 0 Å². The largest absolute Gasteiger partial charge is 0.319 e. The van der Waals surface area contributed by atoms with E-state index in [9.17, 15) is 0 Å². The van der Waals surface area contributed by atoms with E-state index < -0.39 is 0 Å². The van der Waals surface area contributed by atoms with Gasteiger partial charge in [0.05, 0.1) is 15.9 Å². The highest BCUT2D eigenvalue weighted by Gasteiger charge is 2.14. The third-order valence-corrected chi connectivity index (χ3v) is 5.63. The molecule has 1 N–H and O–H groups in total. The normalized spacial score (nSPS) is 12.4. The van der Waals surface area contributed by atoms with Crippen LogP contribution in [0.15, 0.2) is 66.3 Å². The van der Waals surface area contributed by atoms with Crippen molar-refractivity contribution < 1.29 is 0 Å². The molecule has 4 heteroatoms. The van der Waals surface area contributed by atoms with Crippen LogP contribution in [0.5, 0.6) is 0 Å². The zero-order valence-corrected chi connectivity index (χ0v) is 15.8. The first-order valence-corrected chi connectivity index (χ1v) is 9.64. The van der Waals surface area contributed by atoms with E-state index in [2.05, 4.69) is 76.1 Å². The highest BCUT2D eigenvalue weighted by Crippen LogP contribution is 2.31. The molecule has 0 aliphatic carbocycles. The standard InChI is InChI=1S/C22H21N3S/c1-15-3-5-16(6-4-15)19(13-23-2)17-7-9-18(10-8-17)21-22-20(11-12-26-22)24-14-25-21/h3-12,14,19,23H,13H2,1-2H3. The number of thiophene rings is 1. The summed E-state index contributed by atoms with van der Waals surface area (Å²) in [7, 11) is 2.00. The second kappa shape index (κ2) is 7.36. The fourth-order valence-electron chi connectivity index (χ4n) is 3.30. The topological polar surface area (TPSA) is 37.8 Å². The number of aromatic nitrogens is 2. The summed E-state index contributed by atoms with van der Waals surface area (Å²) in [6.07, 6.45) is 1.65. The predicted molar refractivity (Wildman–Crippen MR) is 110 cm³/mol. The lowest BCUT2D eigenvalue weighted by molar-refractivity contribution is 0.708. The molecular formula is C22H21N3S. The highest BCUT2D eigenvalue weighted by molar-refractivity contribution is 7.17. The molecule has 4 rings (SSSR count). The van der Waals surface area contributed by atoms with Gasteiger partial charge < -0.3 is 5.32 Å². The molecule has 0 amide bonds. The lowest BCUT2D eigenvalue weighted by Gasteiger charge is -2.18. The molecule has 0 saturated carbocycles. The number of nitrogens with one attached hydrogen (secondary N) is 1. The smallest absolute Gasteiger partial charge is 0.116 e. The average molecular weight is 359 g/mol. The summed E-state index contributed by atoms with van der Waals surface area (Å²) < 4.78 is 1.14. The fourth-order valence-corrected chi connectivity index (χ4v) is 4.16. The van der Waals surface area contributed by atoms with Crippen molar-refractivity contribution in [3.8, 4) is 11.3 Å². The zero-order valence-electron chi connectivity index (χ0n) is 14.9. The quantitative estimate of drug-likeness (QED) is 0.544. The first-order valence-electron chi connectivity index (χ1n) is 8.76. The van der Waals surface area contributed by atoms with Crippen molar-refractivity contribution in [1.29, 1.82) is 0 Å². The molecule has 130 valence electrons. The van der Waals surface area contributed by atoms with Gasteiger partial charge >= 0.3 is 0 Å². The number of nitrogens with zero attached hydrogens (tertiary/aromatic N) is 2. The minimum absolute atomic E-state index is 0.335. The lowest BCUT2D eigenvalue weighted by Crippen LogP contribution is -2.18. The molecule has 1 unspecified atom stereocenters. The van der Waals surface area contributed by atoms with Gasteiger partial charge in [-0.15, -0.1) is 11.3 Å². The molecule has 0 bridgehead atoms. The van der Waals surface area contributed by atoms with E-state index in [4.69, 9.17) is 0 Å². The van der Waals surface area contributed by atoms with E-state index >= 15 is 0 Å². The van der Waals surface area contributed by atoms with Gasteiger partial charge in [-0.2, -0.15) is 0 Å². The second-order valence-corrected chi connectivity index (χ2v) is 7.42. The summed E-state index contributed by atoms with van der Waals surface area (Å²) in [6.45, 7) is 3.03. The maximum atomic E-state index is 4.52. The number of hydrogen-bond acceptors (Lipinski definition) is 4. The Hall–Kier alpha value is -2.56. The van der Waals surface area contributed by atoms with Gasteiger partial charge in [0.25, 0.3) is 0 Å². The van der Waals surface area contributed by atoms with Crippen LogP contribution in [0.2, 0.25) is 0 Å². The molecule has 0 fully saturated rings. The predicted octanol–water partition coefficient (Wildman–Crippen LogP) is 5.02. The molecule has 2 aromatic heterocycles. The molecule has 0 aliphatic rings. The van der Waals surface area contributed by atoms with Crippen LogP contribution in [0.3, 0.4) is 0 Å². The molecule has 0 aliphatic heterocycles. The Kier molecular flexibility index (Phi) is 4.78. The summed E-state index contributed by atoms with van der Waals surface area (Å²) in [4.78, 5) is 8.85. The van der Waals surface area contributed by atoms with Crippen LogP contribution in [0.4, 0.5) is 0 Å². The molecule has 2 heterocycles. The number of aryl methyl sites for hydroxylation is 1. The maximum Gasteiger partial charge on any atom is 0.116 e. The molecular weight excluding hydrogens is 338 g/mol. The Labute approximate surface area is 157 Å². The van der Waals surface area contributed by atoms with E-state index in [-0.39, 0.29) is 0 Å². The Bertz CT molecular complexity index is 1000. The number of likely N-dealkylation sites (N-methyl/N-ethyl adjacent to an activating group) is 1. The summed E-state index contributed by atoms with van der Waals surface area (Å²) in [6, 6.07) is 19.6. The second-order valence-electron chi connectivity index (χ2n) is 6.50. The molecule has 1 atom stereocenters. The molecule has 0 radical (unpaired) electrons. The average Bonchev–Trinajstić information content (AvgIpc) is 3.16. The minimum Gasteiger partial charge on any atom is -0.319 e. The van der Waals surface area contributed by atoms with Gasteiger partial charge in [0.15, 0.2) is 0 Å². The third-order valence-electron chi connectivity index (χ3n) is 4.72. The summed E-state index contributed by atoms with van der Waals surface area (Å²) in [5.74, 6) is 0.335. The molecule has 0 saturated heterocycles. The van der Waals surface area contributed by atoms with Gasteiger partial charge in [-0.05, 0) is 36.5 Å². The van der Waals surface area contributed by atoms with Crippen molar-refractivity contribution in [2.75, 3.05) is 13.6 Å². The zero-order chi connectivity index (χ0) is 17.9. The SMILES string of the molecule is CNCC(c1ccc(C)cc1)c1ccc(-c2ncnc3ccsc23)cc1. The third kappa shape index (κ3) is 3.26. The van der Waals surface area contributed by atoms with E-state index in [1.165, 1.54) is 16.7 Å². The fraction of sp³-hybridized carbons (Fsp3) is 0.182. The van der Waals surface area contributed by atoms with Crippen molar-refractivity contribution in [2.24, 2.45) is 0 Å². The molecule has 26 heavy (non-hydrogen) atoms.